The summed E-state index contributed by atoms with van der Waals surface area (Å²) in [5, 5.41) is 22.7. The average Bonchev–Trinajstić information content (AvgIpc) is 2.76. The minimum Gasteiger partial charge on any atom is -0.481 e. The van der Waals surface area contributed by atoms with Gasteiger partial charge in [-0.05, 0) is 45.4 Å². The Bertz CT molecular complexity index is 317. The van der Waals surface area contributed by atoms with Gasteiger partial charge in [-0.1, -0.05) is 0 Å². The summed E-state index contributed by atoms with van der Waals surface area (Å²) in [5.41, 5.74) is -0.852. The van der Waals surface area contributed by atoms with E-state index in [0.717, 1.165) is 26.0 Å². The van der Waals surface area contributed by atoms with Gasteiger partial charge in [-0.2, -0.15) is 0 Å². The molecule has 1 heterocycles. The van der Waals surface area contributed by atoms with E-state index in [9.17, 15) is 9.90 Å². The number of nitrogens with one attached hydrogen (secondary N) is 1. The number of ether oxygens (including phenoxy) is 1. The lowest BCUT2D eigenvalue weighted by molar-refractivity contribution is -0.144. The van der Waals surface area contributed by atoms with Gasteiger partial charge in [0.25, 0.3) is 0 Å². The number of carbonyl (C=O) groups is 1. The maximum absolute atomic E-state index is 10.9. The molecule has 0 aromatic rings. The van der Waals surface area contributed by atoms with Crippen molar-refractivity contribution >= 4 is 5.97 Å². The van der Waals surface area contributed by atoms with Crippen molar-refractivity contribution in [3.63, 3.8) is 0 Å². The summed E-state index contributed by atoms with van der Waals surface area (Å²) in [6.45, 7) is 4.19. The highest BCUT2D eigenvalue weighted by Crippen LogP contribution is 2.32. The Balaban J connectivity index is 1.72. The molecular weight excluding hydrogens is 246 g/mol. The molecule has 5 heteroatoms. The predicted molar refractivity (Wildman–Crippen MR) is 71.0 cm³/mol. The van der Waals surface area contributed by atoms with E-state index in [-0.39, 0.29) is 11.5 Å². The molecular formula is C14H25NO4. The summed E-state index contributed by atoms with van der Waals surface area (Å²) in [6.07, 6.45) is 4.42. The molecule has 1 saturated carbocycles. The van der Waals surface area contributed by atoms with Gasteiger partial charge < -0.3 is 20.3 Å². The van der Waals surface area contributed by atoms with Crippen molar-refractivity contribution in [3.8, 4) is 0 Å². The van der Waals surface area contributed by atoms with E-state index >= 15 is 0 Å². The van der Waals surface area contributed by atoms with Crippen LogP contribution in [0.5, 0.6) is 0 Å². The van der Waals surface area contributed by atoms with Gasteiger partial charge in [-0.3, -0.25) is 4.79 Å². The molecule has 19 heavy (non-hydrogen) atoms. The molecule has 0 aromatic heterocycles. The lowest BCUT2D eigenvalue weighted by Crippen LogP contribution is -2.48. The summed E-state index contributed by atoms with van der Waals surface area (Å²) in [5.74, 6) is -1.02. The first-order valence-corrected chi connectivity index (χ1v) is 7.22. The van der Waals surface area contributed by atoms with Gasteiger partial charge in [0, 0.05) is 19.7 Å². The first-order chi connectivity index (χ1) is 8.93. The van der Waals surface area contributed by atoms with Crippen LogP contribution in [0.4, 0.5) is 0 Å². The topological polar surface area (TPSA) is 78.8 Å². The van der Waals surface area contributed by atoms with Crippen molar-refractivity contribution in [1.82, 2.24) is 5.32 Å². The Morgan fingerprint density at radius 3 is 2.53 bits per heavy atom. The number of carboxylic acid groups (broad SMARTS) is 1. The smallest absolute Gasteiger partial charge is 0.306 e. The monoisotopic (exact) mass is 271 g/mol. The zero-order chi connectivity index (χ0) is 13.9. The molecule has 2 rings (SSSR count). The molecule has 2 fully saturated rings. The number of hydrogen-bond acceptors (Lipinski definition) is 4. The Kier molecular flexibility index (Phi) is 4.48. The van der Waals surface area contributed by atoms with Crippen LogP contribution in [0.15, 0.2) is 0 Å². The Labute approximate surface area is 114 Å². The van der Waals surface area contributed by atoms with Crippen LogP contribution in [0.1, 0.15) is 45.4 Å². The summed E-state index contributed by atoms with van der Waals surface area (Å²) < 4.78 is 5.69. The number of aliphatic hydroxyl groups is 1. The number of rotatable bonds is 5. The fraction of sp³-hybridized carbons (Fsp3) is 0.929. The van der Waals surface area contributed by atoms with E-state index in [0.29, 0.717) is 32.2 Å². The molecule has 5 nitrogen and oxygen atoms in total. The molecule has 0 bridgehead atoms. The minimum atomic E-state index is -0.749. The second-order valence-electron chi connectivity index (χ2n) is 6.34. The van der Waals surface area contributed by atoms with Crippen molar-refractivity contribution < 1.29 is 19.7 Å². The van der Waals surface area contributed by atoms with E-state index in [1.165, 1.54) is 0 Å². The molecule has 1 unspecified atom stereocenters. The van der Waals surface area contributed by atoms with Crippen LogP contribution in [0, 0.1) is 5.92 Å². The highest BCUT2D eigenvalue weighted by Gasteiger charge is 2.36. The first-order valence-electron chi connectivity index (χ1n) is 7.22. The highest BCUT2D eigenvalue weighted by molar-refractivity contribution is 5.70. The number of carboxylic acids is 1. The Hall–Kier alpha value is -0.650. The van der Waals surface area contributed by atoms with Crippen molar-refractivity contribution in [3.05, 3.63) is 0 Å². The molecule has 0 radical (unpaired) electrons. The van der Waals surface area contributed by atoms with Crippen LogP contribution in [0.2, 0.25) is 0 Å². The minimum absolute atomic E-state index is 0.103. The van der Waals surface area contributed by atoms with E-state index in [4.69, 9.17) is 9.84 Å². The molecule has 1 aliphatic heterocycles. The quantitative estimate of drug-likeness (QED) is 0.699. The van der Waals surface area contributed by atoms with Gasteiger partial charge in [-0.25, -0.2) is 0 Å². The molecule has 0 spiro atoms. The van der Waals surface area contributed by atoms with Crippen molar-refractivity contribution in [2.24, 2.45) is 5.92 Å². The molecule has 1 aliphatic carbocycles. The Morgan fingerprint density at radius 1 is 1.32 bits per heavy atom. The molecule has 3 N–H and O–H groups in total. The number of hydrogen-bond donors (Lipinski definition) is 3. The summed E-state index contributed by atoms with van der Waals surface area (Å²) in [4.78, 5) is 10.9. The summed E-state index contributed by atoms with van der Waals surface area (Å²) >= 11 is 0. The summed E-state index contributed by atoms with van der Waals surface area (Å²) in [7, 11) is 0. The van der Waals surface area contributed by atoms with Crippen molar-refractivity contribution in [1.29, 1.82) is 0 Å². The van der Waals surface area contributed by atoms with Gasteiger partial charge in [-0.15, -0.1) is 0 Å². The first kappa shape index (κ1) is 14.8. The summed E-state index contributed by atoms with van der Waals surface area (Å²) in [6, 6.07) is 0. The normalized spacial score (nSPS) is 39.4. The van der Waals surface area contributed by atoms with Crippen LogP contribution < -0.4 is 5.32 Å². The molecule has 1 atom stereocenters. The van der Waals surface area contributed by atoms with E-state index in [2.05, 4.69) is 12.2 Å². The Morgan fingerprint density at radius 2 is 2.00 bits per heavy atom. The average molecular weight is 271 g/mol. The second kappa shape index (κ2) is 5.77. The van der Waals surface area contributed by atoms with Crippen LogP contribution in [0.3, 0.4) is 0 Å². The SMILES string of the molecule is CC1(CNCC2(O)CCC(C(=O)O)CC2)CCCO1. The molecule has 0 amide bonds. The zero-order valence-electron chi connectivity index (χ0n) is 11.7. The maximum Gasteiger partial charge on any atom is 0.306 e. The lowest BCUT2D eigenvalue weighted by Gasteiger charge is -2.36. The van der Waals surface area contributed by atoms with E-state index in [1.807, 2.05) is 0 Å². The zero-order valence-corrected chi connectivity index (χ0v) is 11.7. The van der Waals surface area contributed by atoms with E-state index in [1.54, 1.807) is 0 Å². The number of aliphatic carboxylic acids is 1. The van der Waals surface area contributed by atoms with Crippen LogP contribution in [-0.4, -0.2) is 47.1 Å². The fourth-order valence-electron chi connectivity index (χ4n) is 3.11. The van der Waals surface area contributed by atoms with Crippen molar-refractivity contribution in [2.75, 3.05) is 19.7 Å². The molecule has 0 aromatic carbocycles. The van der Waals surface area contributed by atoms with Gasteiger partial charge in [0.15, 0.2) is 0 Å². The standard InChI is InChI=1S/C14H25NO4/c1-13(5-2-8-19-13)9-15-10-14(18)6-3-11(4-7-14)12(16)17/h11,15,18H,2-10H2,1H3,(H,16,17). The van der Waals surface area contributed by atoms with Gasteiger partial charge in [0.1, 0.15) is 0 Å². The van der Waals surface area contributed by atoms with Gasteiger partial charge in [0.2, 0.25) is 0 Å². The predicted octanol–water partition coefficient (Wildman–Crippen LogP) is 1.15. The third kappa shape index (κ3) is 3.91. The van der Waals surface area contributed by atoms with Gasteiger partial charge in [0.05, 0.1) is 17.1 Å². The molecule has 2 aliphatic rings. The highest BCUT2D eigenvalue weighted by atomic mass is 16.5. The third-order valence-electron chi connectivity index (χ3n) is 4.52. The fourth-order valence-corrected chi connectivity index (χ4v) is 3.11. The largest absolute Gasteiger partial charge is 0.481 e. The molecule has 110 valence electrons. The second-order valence-corrected chi connectivity index (χ2v) is 6.34. The maximum atomic E-state index is 10.9. The van der Waals surface area contributed by atoms with Crippen LogP contribution in [-0.2, 0) is 9.53 Å². The lowest BCUT2D eigenvalue weighted by atomic mass is 9.78. The molecule has 1 saturated heterocycles. The van der Waals surface area contributed by atoms with Crippen molar-refractivity contribution in [2.45, 2.75) is 56.7 Å². The van der Waals surface area contributed by atoms with Gasteiger partial charge >= 0.3 is 5.97 Å². The van der Waals surface area contributed by atoms with E-state index < -0.39 is 11.6 Å². The van der Waals surface area contributed by atoms with Crippen LogP contribution >= 0.6 is 0 Å². The van der Waals surface area contributed by atoms with Crippen LogP contribution in [0.25, 0.3) is 0 Å². The third-order valence-corrected chi connectivity index (χ3v) is 4.52.